The highest BCUT2D eigenvalue weighted by Gasteiger charge is 2.11. The highest BCUT2D eigenvalue weighted by molar-refractivity contribution is 7.89. The first-order chi connectivity index (χ1) is 11.0. The molecule has 0 atom stereocenters. The minimum absolute atomic E-state index is 0.0853. The zero-order valence-electron chi connectivity index (χ0n) is 12.1. The molecular weight excluding hydrogens is 336 g/mol. The quantitative estimate of drug-likeness (QED) is 0.473. The molecule has 0 fully saturated rings. The molecule has 0 saturated heterocycles. The van der Waals surface area contributed by atoms with Crippen LogP contribution < -0.4 is 9.57 Å². The van der Waals surface area contributed by atoms with Crippen molar-refractivity contribution in [3.63, 3.8) is 0 Å². The van der Waals surface area contributed by atoms with Crippen molar-refractivity contribution in [2.24, 2.45) is 5.10 Å². The van der Waals surface area contributed by atoms with Gasteiger partial charge in [0, 0.05) is 5.02 Å². The fourth-order valence-corrected chi connectivity index (χ4v) is 2.59. The van der Waals surface area contributed by atoms with Gasteiger partial charge in [0.05, 0.1) is 11.1 Å². The van der Waals surface area contributed by atoms with Crippen molar-refractivity contribution in [1.82, 2.24) is 4.83 Å². The van der Waals surface area contributed by atoms with Gasteiger partial charge in [-0.3, -0.25) is 0 Å². The normalized spacial score (nSPS) is 11.3. The maximum absolute atomic E-state index is 12.0. The summed E-state index contributed by atoms with van der Waals surface area (Å²) in [6.07, 6.45) is 3.04. The van der Waals surface area contributed by atoms with E-state index < -0.39 is 10.0 Å². The molecule has 23 heavy (non-hydrogen) atoms. The van der Waals surface area contributed by atoms with Gasteiger partial charge < -0.3 is 4.74 Å². The summed E-state index contributed by atoms with van der Waals surface area (Å²) in [5.74, 6) is 0.648. The van der Waals surface area contributed by atoms with Crippen molar-refractivity contribution in [3.8, 4) is 5.75 Å². The van der Waals surface area contributed by atoms with E-state index in [0.717, 1.165) is 0 Å². The first-order valence-corrected chi connectivity index (χ1v) is 8.51. The Labute approximate surface area is 140 Å². The second kappa shape index (κ2) is 7.80. The number of hydrogen-bond acceptors (Lipinski definition) is 4. The summed E-state index contributed by atoms with van der Waals surface area (Å²) in [5.41, 5.74) is 0.699. The van der Waals surface area contributed by atoms with E-state index in [1.165, 1.54) is 30.5 Å². The first kappa shape index (κ1) is 17.1. The summed E-state index contributed by atoms with van der Waals surface area (Å²) < 4.78 is 29.5. The molecule has 0 amide bonds. The Morgan fingerprint density at radius 1 is 1.22 bits per heavy atom. The summed E-state index contributed by atoms with van der Waals surface area (Å²) in [7, 11) is -3.72. The first-order valence-electron chi connectivity index (χ1n) is 6.65. The average Bonchev–Trinajstić information content (AvgIpc) is 2.53. The standard InChI is InChI=1S/C16H15ClN2O3S/c1-2-10-22-15-5-3-4-13(11-15)12-18-19-23(20,21)16-8-6-14(17)7-9-16/h2-9,11-12,19H,1,10H2/b18-12-. The van der Waals surface area contributed by atoms with Gasteiger partial charge in [-0.15, -0.1) is 0 Å². The van der Waals surface area contributed by atoms with Crippen LogP contribution in [0.15, 0.2) is 71.2 Å². The van der Waals surface area contributed by atoms with Crippen LogP contribution in [0.4, 0.5) is 0 Å². The lowest BCUT2D eigenvalue weighted by Crippen LogP contribution is -2.18. The molecule has 0 heterocycles. The summed E-state index contributed by atoms with van der Waals surface area (Å²) in [6.45, 7) is 3.97. The smallest absolute Gasteiger partial charge is 0.276 e. The number of rotatable bonds is 7. The van der Waals surface area contributed by atoms with Crippen LogP contribution in [0, 0.1) is 0 Å². The van der Waals surface area contributed by atoms with Crippen LogP contribution in [0.5, 0.6) is 5.75 Å². The predicted octanol–water partition coefficient (Wildman–Crippen LogP) is 3.22. The molecule has 2 aromatic rings. The molecule has 2 aromatic carbocycles. The van der Waals surface area contributed by atoms with Crippen LogP contribution in [0.2, 0.25) is 5.02 Å². The third kappa shape index (κ3) is 5.12. The van der Waals surface area contributed by atoms with Crippen LogP contribution in [-0.4, -0.2) is 21.2 Å². The van der Waals surface area contributed by atoms with Gasteiger partial charge in [-0.2, -0.15) is 13.5 Å². The molecule has 0 spiro atoms. The third-order valence-electron chi connectivity index (χ3n) is 2.74. The Balaban J connectivity index is 2.06. The van der Waals surface area contributed by atoms with E-state index in [4.69, 9.17) is 16.3 Å². The Kier molecular flexibility index (Phi) is 5.78. The Morgan fingerprint density at radius 2 is 1.96 bits per heavy atom. The Bertz CT molecular complexity index is 802. The van der Waals surface area contributed by atoms with Crippen LogP contribution in [0.3, 0.4) is 0 Å². The van der Waals surface area contributed by atoms with E-state index in [0.29, 0.717) is 22.9 Å². The zero-order valence-corrected chi connectivity index (χ0v) is 13.7. The molecule has 0 aromatic heterocycles. The third-order valence-corrected chi connectivity index (χ3v) is 4.23. The van der Waals surface area contributed by atoms with Gasteiger partial charge in [-0.05, 0) is 42.0 Å². The molecule has 2 rings (SSSR count). The minimum Gasteiger partial charge on any atom is -0.490 e. The lowest BCUT2D eigenvalue weighted by Gasteiger charge is -2.04. The monoisotopic (exact) mass is 350 g/mol. The van der Waals surface area contributed by atoms with Gasteiger partial charge in [-0.25, -0.2) is 4.83 Å². The van der Waals surface area contributed by atoms with Gasteiger partial charge in [0.1, 0.15) is 12.4 Å². The summed E-state index contributed by atoms with van der Waals surface area (Å²) >= 11 is 5.73. The molecule has 0 aliphatic rings. The predicted molar refractivity (Wildman–Crippen MR) is 91.5 cm³/mol. The molecule has 0 saturated carbocycles. The maximum atomic E-state index is 12.0. The molecule has 0 aliphatic carbocycles. The zero-order chi connectivity index (χ0) is 16.7. The molecule has 0 radical (unpaired) electrons. The number of halogens is 1. The summed E-state index contributed by atoms with van der Waals surface area (Å²) in [6, 6.07) is 12.9. The lowest BCUT2D eigenvalue weighted by atomic mass is 10.2. The van der Waals surface area contributed by atoms with E-state index in [1.807, 2.05) is 0 Å². The molecule has 7 heteroatoms. The van der Waals surface area contributed by atoms with Crippen LogP contribution in [0.1, 0.15) is 5.56 Å². The highest BCUT2D eigenvalue weighted by atomic mass is 35.5. The second-order valence-corrected chi connectivity index (χ2v) is 6.58. The maximum Gasteiger partial charge on any atom is 0.276 e. The molecule has 0 aliphatic heterocycles. The highest BCUT2D eigenvalue weighted by Crippen LogP contribution is 2.14. The number of hydrogen-bond donors (Lipinski definition) is 1. The fraction of sp³-hybridized carbons (Fsp3) is 0.0625. The van der Waals surface area contributed by atoms with E-state index in [9.17, 15) is 8.42 Å². The van der Waals surface area contributed by atoms with Crippen molar-refractivity contribution in [3.05, 3.63) is 71.8 Å². The number of nitrogens with one attached hydrogen (secondary N) is 1. The topological polar surface area (TPSA) is 67.8 Å². The Hall–Kier alpha value is -2.31. The molecular formula is C16H15ClN2O3S. The minimum atomic E-state index is -3.72. The molecule has 0 unspecified atom stereocenters. The van der Waals surface area contributed by atoms with Crippen molar-refractivity contribution in [1.29, 1.82) is 0 Å². The molecule has 120 valence electrons. The molecule has 0 bridgehead atoms. The molecule has 1 N–H and O–H groups in total. The lowest BCUT2D eigenvalue weighted by molar-refractivity contribution is 0.363. The van der Waals surface area contributed by atoms with E-state index in [2.05, 4.69) is 16.5 Å². The number of nitrogens with zero attached hydrogens (tertiary/aromatic N) is 1. The average molecular weight is 351 g/mol. The van der Waals surface area contributed by atoms with E-state index >= 15 is 0 Å². The largest absolute Gasteiger partial charge is 0.490 e. The van der Waals surface area contributed by atoms with E-state index in [1.54, 1.807) is 30.3 Å². The number of hydrazone groups is 1. The second-order valence-electron chi connectivity index (χ2n) is 4.48. The fourth-order valence-electron chi connectivity index (χ4n) is 1.68. The SMILES string of the molecule is C=CCOc1cccc(/C=N\NS(=O)(=O)c2ccc(Cl)cc2)c1. The number of sulfonamides is 1. The van der Waals surface area contributed by atoms with Crippen molar-refractivity contribution < 1.29 is 13.2 Å². The van der Waals surface area contributed by atoms with E-state index in [-0.39, 0.29) is 4.90 Å². The summed E-state index contributed by atoms with van der Waals surface area (Å²) in [5, 5.41) is 4.22. The van der Waals surface area contributed by atoms with Crippen molar-refractivity contribution in [2.45, 2.75) is 4.90 Å². The van der Waals surface area contributed by atoms with Crippen LogP contribution in [-0.2, 0) is 10.0 Å². The molecule has 5 nitrogen and oxygen atoms in total. The van der Waals surface area contributed by atoms with Gasteiger partial charge >= 0.3 is 0 Å². The van der Waals surface area contributed by atoms with Crippen molar-refractivity contribution in [2.75, 3.05) is 6.61 Å². The number of benzene rings is 2. The van der Waals surface area contributed by atoms with Gasteiger partial charge in [0.2, 0.25) is 0 Å². The van der Waals surface area contributed by atoms with Crippen molar-refractivity contribution >= 4 is 27.8 Å². The van der Waals surface area contributed by atoms with Gasteiger partial charge in [0.15, 0.2) is 0 Å². The Morgan fingerprint density at radius 3 is 2.65 bits per heavy atom. The summed E-state index contributed by atoms with van der Waals surface area (Å²) in [4.78, 5) is 2.23. The van der Waals surface area contributed by atoms with Crippen LogP contribution >= 0.6 is 11.6 Å². The van der Waals surface area contributed by atoms with Crippen LogP contribution in [0.25, 0.3) is 0 Å². The number of ether oxygens (including phenoxy) is 1. The van der Waals surface area contributed by atoms with Gasteiger partial charge in [0.25, 0.3) is 10.0 Å². The van der Waals surface area contributed by atoms with Gasteiger partial charge in [-0.1, -0.05) is 36.4 Å².